The third kappa shape index (κ3) is 1.32. The fourth-order valence-corrected chi connectivity index (χ4v) is 0.555. The van der Waals surface area contributed by atoms with Crippen LogP contribution in [0.1, 0.15) is 0 Å². The molecule has 1 aliphatic heterocycles. The molecule has 0 amide bonds. The first-order valence-corrected chi connectivity index (χ1v) is 2.71. The summed E-state index contributed by atoms with van der Waals surface area (Å²) in [6.45, 7) is 3.69. The van der Waals surface area contributed by atoms with E-state index >= 15 is 0 Å². The summed E-state index contributed by atoms with van der Waals surface area (Å²) in [5.41, 5.74) is 0.856. The largest absolute Gasteiger partial charge is 0.359 e. The van der Waals surface area contributed by atoms with Crippen molar-refractivity contribution in [3.63, 3.8) is 0 Å². The van der Waals surface area contributed by atoms with E-state index in [-0.39, 0.29) is 0 Å². The van der Waals surface area contributed by atoms with E-state index < -0.39 is 0 Å². The molecular weight excluding hydrogens is 114 g/mol. The zero-order valence-corrected chi connectivity index (χ0v) is 5.31. The Morgan fingerprint density at radius 3 is 3.00 bits per heavy atom. The van der Waals surface area contributed by atoms with Gasteiger partial charge in [0, 0.05) is 18.9 Å². The van der Waals surface area contributed by atoms with E-state index in [0.717, 1.165) is 11.7 Å². The van der Waals surface area contributed by atoms with Gasteiger partial charge in [0.05, 0.1) is 0 Å². The molecule has 3 nitrogen and oxygen atoms in total. The van der Waals surface area contributed by atoms with Crippen molar-refractivity contribution < 1.29 is 0 Å². The summed E-state index contributed by atoms with van der Waals surface area (Å²) in [6.07, 6.45) is 3.51. The summed E-state index contributed by atoms with van der Waals surface area (Å²) in [7, 11) is 1.80. The molecule has 1 heterocycles. The number of hydrogen-bond acceptors (Lipinski definition) is 3. The Morgan fingerprint density at radius 2 is 2.56 bits per heavy atom. The lowest BCUT2D eigenvalue weighted by molar-refractivity contribution is 1.01. The van der Waals surface area contributed by atoms with Crippen molar-refractivity contribution in [1.29, 1.82) is 0 Å². The lowest BCUT2D eigenvalue weighted by Crippen LogP contribution is -2.34. The van der Waals surface area contributed by atoms with E-state index in [2.05, 4.69) is 22.2 Å². The molecule has 0 atom stereocenters. The first-order valence-electron chi connectivity index (χ1n) is 2.71. The third-order valence-corrected chi connectivity index (χ3v) is 0.995. The highest BCUT2D eigenvalue weighted by Crippen LogP contribution is 1.92. The fourth-order valence-electron chi connectivity index (χ4n) is 0.555. The van der Waals surface area contributed by atoms with Crippen molar-refractivity contribution in [1.82, 2.24) is 10.6 Å². The Labute approximate surface area is 54.2 Å². The molecule has 3 heteroatoms. The molecule has 0 spiro atoms. The Bertz CT molecular complexity index is 179. The van der Waals surface area contributed by atoms with Gasteiger partial charge in [-0.3, -0.25) is 0 Å². The predicted molar refractivity (Wildman–Crippen MR) is 37.9 cm³/mol. The minimum atomic E-state index is 0.738. The quantitative estimate of drug-likeness (QED) is 0.482. The number of allylic oxidation sites excluding steroid dienone is 1. The van der Waals surface area contributed by atoms with Gasteiger partial charge in [-0.1, -0.05) is 6.58 Å². The average Bonchev–Trinajstić information content (AvgIpc) is 1.88. The summed E-state index contributed by atoms with van der Waals surface area (Å²) in [6, 6.07) is 0. The molecular formula is C6H9N3. The molecule has 0 saturated heterocycles. The van der Waals surface area contributed by atoms with Crippen LogP contribution in [0.3, 0.4) is 0 Å². The van der Waals surface area contributed by atoms with Crippen LogP contribution in [0.15, 0.2) is 29.5 Å². The van der Waals surface area contributed by atoms with Crippen LogP contribution in [0.4, 0.5) is 0 Å². The zero-order valence-electron chi connectivity index (χ0n) is 5.31. The Hall–Kier alpha value is -1.25. The van der Waals surface area contributed by atoms with Crippen molar-refractivity contribution in [3.8, 4) is 0 Å². The summed E-state index contributed by atoms with van der Waals surface area (Å²) in [5, 5.41) is 5.78. The minimum absolute atomic E-state index is 0.738. The summed E-state index contributed by atoms with van der Waals surface area (Å²) in [4.78, 5) is 3.95. The highest BCUT2D eigenvalue weighted by molar-refractivity contribution is 5.83. The van der Waals surface area contributed by atoms with Crippen molar-refractivity contribution >= 4 is 5.96 Å². The van der Waals surface area contributed by atoms with E-state index in [4.69, 9.17) is 0 Å². The summed E-state index contributed by atoms with van der Waals surface area (Å²) >= 11 is 0. The molecule has 1 aliphatic rings. The van der Waals surface area contributed by atoms with E-state index in [9.17, 15) is 0 Å². The van der Waals surface area contributed by atoms with E-state index in [1.807, 2.05) is 0 Å². The summed E-state index contributed by atoms with van der Waals surface area (Å²) < 4.78 is 0. The molecule has 9 heavy (non-hydrogen) atoms. The van der Waals surface area contributed by atoms with Crippen LogP contribution in [0.5, 0.6) is 0 Å². The fraction of sp³-hybridized carbons (Fsp3) is 0.167. The molecule has 0 aromatic rings. The monoisotopic (exact) mass is 123 g/mol. The van der Waals surface area contributed by atoms with Crippen LogP contribution < -0.4 is 10.6 Å². The van der Waals surface area contributed by atoms with Gasteiger partial charge in [0.25, 0.3) is 0 Å². The van der Waals surface area contributed by atoms with Crippen molar-refractivity contribution in [3.05, 3.63) is 24.6 Å². The number of nitrogens with zero attached hydrogens (tertiary/aromatic N) is 1. The van der Waals surface area contributed by atoms with Crippen molar-refractivity contribution in [2.24, 2.45) is 4.99 Å². The molecule has 0 aromatic heterocycles. The second-order valence-electron chi connectivity index (χ2n) is 1.69. The SMILES string of the molecule is C=C1C=CN=C(NC)N1. The van der Waals surface area contributed by atoms with Crippen molar-refractivity contribution in [2.45, 2.75) is 0 Å². The number of hydrogen-bond donors (Lipinski definition) is 2. The highest BCUT2D eigenvalue weighted by Gasteiger charge is 1.96. The summed E-state index contributed by atoms with van der Waals surface area (Å²) in [5.74, 6) is 0.738. The van der Waals surface area contributed by atoms with Crippen LogP contribution in [0.2, 0.25) is 0 Å². The minimum Gasteiger partial charge on any atom is -0.359 e. The third-order valence-electron chi connectivity index (χ3n) is 0.995. The Balaban J connectivity index is 2.65. The van der Waals surface area contributed by atoms with E-state index in [1.165, 1.54) is 0 Å². The first-order chi connectivity index (χ1) is 4.33. The van der Waals surface area contributed by atoms with Gasteiger partial charge in [-0.2, -0.15) is 0 Å². The predicted octanol–water partition coefficient (Wildman–Crippen LogP) is 0.192. The number of nitrogens with one attached hydrogen (secondary N) is 2. The maximum atomic E-state index is 3.95. The van der Waals surface area contributed by atoms with Gasteiger partial charge >= 0.3 is 0 Å². The number of aliphatic imine (C=N–C) groups is 1. The highest BCUT2D eigenvalue weighted by atomic mass is 15.2. The second kappa shape index (κ2) is 2.35. The maximum absolute atomic E-state index is 3.95. The van der Waals surface area contributed by atoms with Gasteiger partial charge in [0.1, 0.15) is 0 Å². The van der Waals surface area contributed by atoms with Gasteiger partial charge in [0.15, 0.2) is 5.96 Å². The van der Waals surface area contributed by atoms with Crippen LogP contribution in [-0.2, 0) is 0 Å². The van der Waals surface area contributed by atoms with Gasteiger partial charge in [-0.15, -0.1) is 0 Å². The smallest absolute Gasteiger partial charge is 0.200 e. The average molecular weight is 123 g/mol. The van der Waals surface area contributed by atoms with Crippen molar-refractivity contribution in [2.75, 3.05) is 7.05 Å². The lowest BCUT2D eigenvalue weighted by atomic mass is 10.4. The molecule has 2 N–H and O–H groups in total. The molecule has 1 rings (SSSR count). The molecule has 0 fully saturated rings. The van der Waals surface area contributed by atoms with Gasteiger partial charge in [-0.25, -0.2) is 4.99 Å². The van der Waals surface area contributed by atoms with Crippen LogP contribution in [-0.4, -0.2) is 13.0 Å². The molecule has 0 radical (unpaired) electrons. The topological polar surface area (TPSA) is 36.4 Å². The lowest BCUT2D eigenvalue weighted by Gasteiger charge is -2.10. The molecule has 0 saturated carbocycles. The Kier molecular flexibility index (Phi) is 1.53. The second-order valence-corrected chi connectivity index (χ2v) is 1.69. The molecule has 0 aromatic carbocycles. The Morgan fingerprint density at radius 1 is 1.78 bits per heavy atom. The zero-order chi connectivity index (χ0) is 6.69. The van der Waals surface area contributed by atoms with Crippen LogP contribution in [0.25, 0.3) is 0 Å². The molecule has 0 bridgehead atoms. The van der Waals surface area contributed by atoms with E-state index in [0.29, 0.717) is 0 Å². The normalized spacial score (nSPS) is 16.6. The molecule has 0 unspecified atom stereocenters. The van der Waals surface area contributed by atoms with Gasteiger partial charge < -0.3 is 10.6 Å². The molecule has 48 valence electrons. The maximum Gasteiger partial charge on any atom is 0.200 e. The van der Waals surface area contributed by atoms with Gasteiger partial charge in [-0.05, 0) is 6.08 Å². The van der Waals surface area contributed by atoms with E-state index in [1.54, 1.807) is 19.3 Å². The standard InChI is InChI=1S/C6H9N3/c1-5-3-4-8-6(7-2)9-5/h3-4H,1H2,2H3,(H2,7,8,9). The van der Waals surface area contributed by atoms with Crippen LogP contribution >= 0.6 is 0 Å². The first kappa shape index (κ1) is 5.88. The number of guanidine groups is 1. The molecule has 0 aliphatic carbocycles. The number of rotatable bonds is 0. The van der Waals surface area contributed by atoms with Gasteiger partial charge in [0.2, 0.25) is 0 Å². The van der Waals surface area contributed by atoms with Crippen LogP contribution in [0, 0.1) is 0 Å².